The first-order valence-corrected chi connectivity index (χ1v) is 14.1. The van der Waals surface area contributed by atoms with Crippen molar-refractivity contribution in [2.45, 2.75) is 30.1 Å². The summed E-state index contributed by atoms with van der Waals surface area (Å²) in [5, 5.41) is 5.68. The first kappa shape index (κ1) is 27.6. The Bertz CT molecular complexity index is 1780. The Labute approximate surface area is 223 Å². The number of nitrogens with one attached hydrogen (secondary N) is 2. The molecule has 0 saturated carbocycles. The summed E-state index contributed by atoms with van der Waals surface area (Å²) in [6.45, 7) is 3.52. The highest BCUT2D eigenvalue weighted by atomic mass is 32.2. The van der Waals surface area contributed by atoms with E-state index in [1.54, 1.807) is 6.92 Å². The third-order valence-electron chi connectivity index (χ3n) is 5.17. The van der Waals surface area contributed by atoms with E-state index in [4.69, 9.17) is 0 Å². The van der Waals surface area contributed by atoms with Gasteiger partial charge in [0.05, 0.1) is 0 Å². The van der Waals surface area contributed by atoms with E-state index in [9.17, 15) is 25.9 Å². The van der Waals surface area contributed by atoms with Crippen molar-refractivity contribution >= 4 is 55.7 Å². The average molecular weight is 571 g/mol. The molecule has 2 aromatic carbocycles. The fourth-order valence-corrected chi connectivity index (χ4v) is 4.80. The molecule has 0 fully saturated rings. The molecule has 0 saturated heterocycles. The molecule has 0 bridgehead atoms. The molecule has 2 heterocycles. The molecule has 0 unspecified atom stereocenters. The molecular formula is C23H22N8O6S2. The van der Waals surface area contributed by atoms with Crippen LogP contribution in [0.2, 0.25) is 0 Å². The summed E-state index contributed by atoms with van der Waals surface area (Å²) in [6, 6.07) is 8.18. The molecule has 0 radical (unpaired) electrons. The molecule has 4 rings (SSSR count). The van der Waals surface area contributed by atoms with Crippen molar-refractivity contribution in [3.05, 3.63) is 71.8 Å². The van der Waals surface area contributed by atoms with Crippen LogP contribution < -0.4 is 10.6 Å². The van der Waals surface area contributed by atoms with Crippen LogP contribution in [0, 0.1) is 6.92 Å². The largest absolute Gasteiger partial charge is 0.324 e. The maximum Gasteiger partial charge on any atom is 0.295 e. The van der Waals surface area contributed by atoms with E-state index in [0.717, 1.165) is 0 Å². The minimum atomic E-state index is -4.69. The van der Waals surface area contributed by atoms with Crippen LogP contribution in [-0.4, -0.2) is 55.8 Å². The first-order chi connectivity index (χ1) is 18.4. The van der Waals surface area contributed by atoms with Gasteiger partial charge >= 0.3 is 0 Å². The van der Waals surface area contributed by atoms with E-state index in [1.165, 1.54) is 61.2 Å². The monoisotopic (exact) mass is 570 g/mol. The van der Waals surface area contributed by atoms with Crippen molar-refractivity contribution in [2.75, 3.05) is 10.6 Å². The van der Waals surface area contributed by atoms with Gasteiger partial charge in [-0.25, -0.2) is 19.9 Å². The molecule has 0 aliphatic carbocycles. The highest BCUT2D eigenvalue weighted by Gasteiger charge is 2.18. The molecule has 0 aliphatic rings. The standard InChI is InChI=1S/C23H22N8O6S2/c1-3-21-25-13-27-23(31-21)30-18-9-7-16(20(11-18)39(35,36)37)5-4-15-6-8-17(10-19(15)38(32,33)34)29-22-26-12-24-14(2)28-22/h4-13H,3H2,1-2H3,(H,32,33,34)(H,35,36,37)(H,24,26,28,29)(H,25,27,30,31). The zero-order valence-corrected chi connectivity index (χ0v) is 22.1. The predicted molar refractivity (Wildman–Crippen MR) is 142 cm³/mol. The van der Waals surface area contributed by atoms with Gasteiger partial charge < -0.3 is 10.6 Å². The zero-order chi connectivity index (χ0) is 28.2. The van der Waals surface area contributed by atoms with Gasteiger partial charge in [-0.1, -0.05) is 31.2 Å². The molecule has 0 aliphatic heterocycles. The Kier molecular flexibility index (Phi) is 7.91. The van der Waals surface area contributed by atoms with Crippen LogP contribution in [0.5, 0.6) is 0 Å². The third-order valence-corrected chi connectivity index (χ3v) is 6.99. The van der Waals surface area contributed by atoms with Crippen LogP contribution in [0.3, 0.4) is 0 Å². The van der Waals surface area contributed by atoms with Crippen molar-refractivity contribution in [1.29, 1.82) is 0 Å². The van der Waals surface area contributed by atoms with E-state index in [1.807, 2.05) is 6.92 Å². The number of benzene rings is 2. The minimum Gasteiger partial charge on any atom is -0.324 e. The van der Waals surface area contributed by atoms with E-state index in [0.29, 0.717) is 18.1 Å². The van der Waals surface area contributed by atoms with Crippen molar-refractivity contribution in [3.8, 4) is 0 Å². The SMILES string of the molecule is CCc1ncnc(Nc2ccc(C=Cc3ccc(Nc4ncnc(C)n4)cc3S(=O)(=O)O)c(S(=O)(=O)O)c2)n1. The van der Waals surface area contributed by atoms with Crippen LogP contribution >= 0.6 is 0 Å². The second-order valence-corrected chi connectivity index (χ2v) is 10.8. The van der Waals surface area contributed by atoms with E-state index >= 15 is 0 Å². The van der Waals surface area contributed by atoms with Crippen LogP contribution in [-0.2, 0) is 26.7 Å². The Morgan fingerprint density at radius 2 is 1.23 bits per heavy atom. The van der Waals surface area contributed by atoms with Gasteiger partial charge in [-0.3, -0.25) is 9.11 Å². The normalized spacial score (nSPS) is 12.0. The molecule has 14 nitrogen and oxygen atoms in total. The third kappa shape index (κ3) is 7.14. The molecule has 4 N–H and O–H groups in total. The average Bonchev–Trinajstić information content (AvgIpc) is 2.87. The lowest BCUT2D eigenvalue weighted by Crippen LogP contribution is -2.05. The summed E-state index contributed by atoms with van der Waals surface area (Å²) in [7, 11) is -9.38. The topological polar surface area (TPSA) is 210 Å². The van der Waals surface area contributed by atoms with Gasteiger partial charge in [0, 0.05) is 17.8 Å². The van der Waals surface area contributed by atoms with E-state index in [-0.39, 0.29) is 34.4 Å². The van der Waals surface area contributed by atoms with Gasteiger partial charge in [-0.15, -0.1) is 0 Å². The Morgan fingerprint density at radius 1 is 0.744 bits per heavy atom. The lowest BCUT2D eigenvalue weighted by molar-refractivity contribution is 0.480. The lowest BCUT2D eigenvalue weighted by Gasteiger charge is -2.10. The van der Waals surface area contributed by atoms with Crippen molar-refractivity contribution in [3.63, 3.8) is 0 Å². The highest BCUT2D eigenvalue weighted by molar-refractivity contribution is 7.86. The number of hydrogen-bond acceptors (Lipinski definition) is 12. The van der Waals surface area contributed by atoms with Crippen LogP contribution in [0.15, 0.2) is 58.8 Å². The summed E-state index contributed by atoms with van der Waals surface area (Å²) >= 11 is 0. The quantitative estimate of drug-likeness (QED) is 0.168. The molecule has 2 aromatic heterocycles. The number of aromatic nitrogens is 6. The zero-order valence-electron chi connectivity index (χ0n) is 20.5. The predicted octanol–water partition coefficient (Wildman–Crippen LogP) is 3.08. The fourth-order valence-electron chi connectivity index (χ4n) is 3.38. The Hall–Kier alpha value is -4.38. The van der Waals surface area contributed by atoms with Crippen LogP contribution in [0.4, 0.5) is 23.3 Å². The van der Waals surface area contributed by atoms with Crippen LogP contribution in [0.1, 0.15) is 29.7 Å². The maximum atomic E-state index is 12.1. The molecule has 202 valence electrons. The molecule has 0 atom stereocenters. The lowest BCUT2D eigenvalue weighted by atomic mass is 10.1. The van der Waals surface area contributed by atoms with Crippen LogP contribution in [0.25, 0.3) is 12.2 Å². The van der Waals surface area contributed by atoms with Crippen molar-refractivity contribution in [1.82, 2.24) is 29.9 Å². The number of nitrogens with zero attached hydrogens (tertiary/aromatic N) is 6. The second-order valence-electron chi connectivity index (χ2n) is 7.97. The van der Waals surface area contributed by atoms with Gasteiger partial charge in [-0.05, 0) is 42.3 Å². The Morgan fingerprint density at radius 3 is 1.69 bits per heavy atom. The Balaban J connectivity index is 1.67. The number of hydrogen-bond donors (Lipinski definition) is 4. The molecule has 0 spiro atoms. The highest BCUT2D eigenvalue weighted by Crippen LogP contribution is 2.27. The summed E-state index contributed by atoms with van der Waals surface area (Å²) in [6.07, 6.45) is 5.74. The molecular weight excluding hydrogens is 548 g/mol. The van der Waals surface area contributed by atoms with Gasteiger partial charge in [-0.2, -0.15) is 26.8 Å². The van der Waals surface area contributed by atoms with Crippen molar-refractivity contribution < 1.29 is 25.9 Å². The molecule has 16 heteroatoms. The molecule has 4 aromatic rings. The first-order valence-electron chi connectivity index (χ1n) is 11.2. The second kappa shape index (κ2) is 11.2. The maximum absolute atomic E-state index is 12.1. The smallest absolute Gasteiger partial charge is 0.295 e. The molecule has 39 heavy (non-hydrogen) atoms. The number of rotatable bonds is 9. The van der Waals surface area contributed by atoms with Gasteiger partial charge in [0.15, 0.2) is 0 Å². The number of anilines is 4. The van der Waals surface area contributed by atoms with Gasteiger partial charge in [0.2, 0.25) is 11.9 Å². The van der Waals surface area contributed by atoms with Crippen molar-refractivity contribution in [2.24, 2.45) is 0 Å². The molecule has 0 amide bonds. The summed E-state index contributed by atoms with van der Waals surface area (Å²) in [5.74, 6) is 1.32. The van der Waals surface area contributed by atoms with Gasteiger partial charge in [0.1, 0.15) is 34.1 Å². The summed E-state index contributed by atoms with van der Waals surface area (Å²) in [4.78, 5) is 23.2. The number of aryl methyl sites for hydroxylation is 2. The van der Waals surface area contributed by atoms with E-state index in [2.05, 4.69) is 40.5 Å². The fraction of sp³-hybridized carbons (Fsp3) is 0.130. The van der Waals surface area contributed by atoms with Gasteiger partial charge in [0.25, 0.3) is 20.2 Å². The van der Waals surface area contributed by atoms with E-state index < -0.39 is 30.0 Å². The summed E-state index contributed by atoms with van der Waals surface area (Å²) in [5.41, 5.74) is 0.646. The summed E-state index contributed by atoms with van der Waals surface area (Å²) < 4.78 is 68.1. The minimum absolute atomic E-state index is 0.0515.